The molecule has 0 aliphatic rings. The van der Waals surface area contributed by atoms with Crippen LogP contribution in [0.1, 0.15) is 17.3 Å². The van der Waals surface area contributed by atoms with Gasteiger partial charge in [0.05, 0.1) is 23.8 Å². The first-order chi connectivity index (χ1) is 8.17. The molecule has 0 unspecified atom stereocenters. The normalized spacial score (nSPS) is 10.5. The lowest BCUT2D eigenvalue weighted by Crippen LogP contribution is -2.03. The summed E-state index contributed by atoms with van der Waals surface area (Å²) in [5, 5.41) is 2.70. The molecule has 0 saturated heterocycles. The van der Waals surface area contributed by atoms with Crippen LogP contribution < -0.4 is 4.74 Å². The minimum atomic E-state index is -0.282. The van der Waals surface area contributed by atoms with Crippen LogP contribution in [0.25, 0.3) is 10.1 Å². The summed E-state index contributed by atoms with van der Waals surface area (Å²) in [6.45, 7) is 2.18. The number of carbonyl (C=O) groups excluding carboxylic acids is 1. The van der Waals surface area contributed by atoms with Crippen molar-refractivity contribution in [3.05, 3.63) is 27.5 Å². The second-order valence-corrected chi connectivity index (χ2v) is 5.12. The van der Waals surface area contributed by atoms with Crippen molar-refractivity contribution in [3.8, 4) is 5.75 Å². The zero-order chi connectivity index (χ0) is 12.4. The van der Waals surface area contributed by atoms with Crippen molar-refractivity contribution in [2.24, 2.45) is 0 Å². The van der Waals surface area contributed by atoms with Gasteiger partial charge in [-0.05, 0) is 35.0 Å². The number of halogens is 1. The first kappa shape index (κ1) is 12.4. The smallest absolute Gasteiger partial charge is 0.339 e. The fourth-order valence-electron chi connectivity index (χ4n) is 1.55. The molecular formula is C12H11BrO3S. The van der Waals surface area contributed by atoms with Crippen LogP contribution in [0, 0.1) is 0 Å². The Bertz CT molecular complexity index is 562. The highest BCUT2D eigenvalue weighted by Crippen LogP contribution is 2.35. The maximum Gasteiger partial charge on any atom is 0.339 e. The standard InChI is InChI=1S/C12H11BrO3S/c1-3-16-12(14)8-6-17-11-5-10(15-2)9(13)4-7(8)11/h4-6H,3H2,1-2H3. The van der Waals surface area contributed by atoms with E-state index in [0.717, 1.165) is 20.3 Å². The third kappa shape index (κ3) is 2.30. The van der Waals surface area contributed by atoms with Crippen LogP contribution >= 0.6 is 27.3 Å². The number of ether oxygens (including phenoxy) is 2. The minimum absolute atomic E-state index is 0.282. The number of rotatable bonds is 3. The average molecular weight is 315 g/mol. The quantitative estimate of drug-likeness (QED) is 0.807. The van der Waals surface area contributed by atoms with Crippen LogP contribution in [0.2, 0.25) is 0 Å². The van der Waals surface area contributed by atoms with Gasteiger partial charge in [-0.15, -0.1) is 11.3 Å². The molecule has 2 rings (SSSR count). The Morgan fingerprint density at radius 2 is 2.24 bits per heavy atom. The topological polar surface area (TPSA) is 35.5 Å². The number of benzene rings is 1. The summed E-state index contributed by atoms with van der Waals surface area (Å²) in [5.74, 6) is 0.477. The summed E-state index contributed by atoms with van der Waals surface area (Å²) >= 11 is 4.92. The third-order valence-corrected chi connectivity index (χ3v) is 3.91. The monoisotopic (exact) mass is 314 g/mol. The van der Waals surface area contributed by atoms with Crippen LogP contribution in [0.15, 0.2) is 22.0 Å². The van der Waals surface area contributed by atoms with Crippen molar-refractivity contribution < 1.29 is 14.3 Å². The number of hydrogen-bond acceptors (Lipinski definition) is 4. The molecule has 17 heavy (non-hydrogen) atoms. The maximum atomic E-state index is 11.7. The zero-order valence-corrected chi connectivity index (χ0v) is 11.9. The number of hydrogen-bond donors (Lipinski definition) is 0. The van der Waals surface area contributed by atoms with Gasteiger partial charge in [-0.2, -0.15) is 0 Å². The highest BCUT2D eigenvalue weighted by molar-refractivity contribution is 9.10. The van der Waals surface area contributed by atoms with E-state index in [-0.39, 0.29) is 5.97 Å². The van der Waals surface area contributed by atoms with Gasteiger partial charge < -0.3 is 9.47 Å². The Labute approximate surface area is 111 Å². The Kier molecular flexibility index (Phi) is 3.69. The molecule has 0 N–H and O–H groups in total. The number of methoxy groups -OCH3 is 1. The summed E-state index contributed by atoms with van der Waals surface area (Å²) in [7, 11) is 1.62. The summed E-state index contributed by atoms with van der Waals surface area (Å²) in [5.41, 5.74) is 0.607. The van der Waals surface area contributed by atoms with Gasteiger partial charge in [0.25, 0.3) is 0 Å². The number of thiophene rings is 1. The summed E-state index contributed by atoms with van der Waals surface area (Å²) in [4.78, 5) is 11.7. The second-order valence-electron chi connectivity index (χ2n) is 3.35. The Hall–Kier alpha value is -1.07. The molecule has 0 aliphatic heterocycles. The van der Waals surface area contributed by atoms with Gasteiger partial charge in [0.1, 0.15) is 5.75 Å². The molecule has 0 saturated carbocycles. The molecule has 3 nitrogen and oxygen atoms in total. The van der Waals surface area contributed by atoms with Gasteiger partial charge in [-0.1, -0.05) is 0 Å². The molecule has 2 aromatic rings. The zero-order valence-electron chi connectivity index (χ0n) is 9.45. The van der Waals surface area contributed by atoms with Crippen LogP contribution in [0.5, 0.6) is 5.75 Å². The molecule has 0 fully saturated rings. The molecule has 0 atom stereocenters. The van der Waals surface area contributed by atoms with Gasteiger partial charge in [0.2, 0.25) is 0 Å². The van der Waals surface area contributed by atoms with E-state index in [4.69, 9.17) is 9.47 Å². The molecule has 0 spiro atoms. The molecule has 90 valence electrons. The van der Waals surface area contributed by atoms with Gasteiger partial charge >= 0.3 is 5.97 Å². The van der Waals surface area contributed by atoms with Crippen LogP contribution in [0.4, 0.5) is 0 Å². The molecule has 0 radical (unpaired) electrons. The Morgan fingerprint density at radius 3 is 2.88 bits per heavy atom. The van der Waals surface area contributed by atoms with E-state index in [1.807, 2.05) is 17.5 Å². The van der Waals surface area contributed by atoms with E-state index in [2.05, 4.69) is 15.9 Å². The SMILES string of the molecule is CCOC(=O)c1csc2cc(OC)c(Br)cc12. The predicted octanol–water partition coefficient (Wildman–Crippen LogP) is 3.85. The van der Waals surface area contributed by atoms with E-state index in [9.17, 15) is 4.79 Å². The molecule has 5 heteroatoms. The average Bonchev–Trinajstić information content (AvgIpc) is 2.71. The minimum Gasteiger partial charge on any atom is -0.496 e. The van der Waals surface area contributed by atoms with Crippen LogP contribution in [-0.2, 0) is 4.74 Å². The second kappa shape index (κ2) is 5.06. The van der Waals surface area contributed by atoms with Crippen molar-refractivity contribution in [3.63, 3.8) is 0 Å². The van der Waals surface area contributed by atoms with Gasteiger partial charge in [0, 0.05) is 15.5 Å². The molecule has 0 amide bonds. The van der Waals surface area contributed by atoms with Gasteiger partial charge in [-0.3, -0.25) is 0 Å². The van der Waals surface area contributed by atoms with Crippen molar-refractivity contribution in [2.45, 2.75) is 6.92 Å². The van der Waals surface area contributed by atoms with E-state index in [1.54, 1.807) is 14.0 Å². The Morgan fingerprint density at radius 1 is 1.47 bits per heavy atom. The molecule has 0 bridgehead atoms. The lowest BCUT2D eigenvalue weighted by atomic mass is 10.2. The van der Waals surface area contributed by atoms with Crippen molar-refractivity contribution >= 4 is 43.3 Å². The van der Waals surface area contributed by atoms with Gasteiger partial charge in [0.15, 0.2) is 0 Å². The van der Waals surface area contributed by atoms with E-state index in [1.165, 1.54) is 11.3 Å². The van der Waals surface area contributed by atoms with Crippen LogP contribution in [-0.4, -0.2) is 19.7 Å². The lowest BCUT2D eigenvalue weighted by Gasteiger charge is -2.04. The highest BCUT2D eigenvalue weighted by Gasteiger charge is 2.15. The number of esters is 1. The molecule has 0 aliphatic carbocycles. The summed E-state index contributed by atoms with van der Waals surface area (Å²) in [6, 6.07) is 3.80. The predicted molar refractivity (Wildman–Crippen MR) is 72.0 cm³/mol. The first-order valence-electron chi connectivity index (χ1n) is 5.09. The van der Waals surface area contributed by atoms with Crippen molar-refractivity contribution in [2.75, 3.05) is 13.7 Å². The molecular weight excluding hydrogens is 304 g/mol. The maximum absolute atomic E-state index is 11.7. The largest absolute Gasteiger partial charge is 0.496 e. The highest BCUT2D eigenvalue weighted by atomic mass is 79.9. The Balaban J connectivity index is 2.54. The fourth-order valence-corrected chi connectivity index (χ4v) is 3.00. The lowest BCUT2D eigenvalue weighted by molar-refractivity contribution is 0.0529. The van der Waals surface area contributed by atoms with Crippen molar-refractivity contribution in [1.29, 1.82) is 0 Å². The van der Waals surface area contributed by atoms with Crippen LogP contribution in [0.3, 0.4) is 0 Å². The number of carbonyl (C=O) groups is 1. The fraction of sp³-hybridized carbons (Fsp3) is 0.250. The molecule has 1 heterocycles. The third-order valence-electron chi connectivity index (χ3n) is 2.34. The van der Waals surface area contributed by atoms with Crippen molar-refractivity contribution in [1.82, 2.24) is 0 Å². The summed E-state index contributed by atoms with van der Waals surface area (Å²) < 4.78 is 12.1. The van der Waals surface area contributed by atoms with Gasteiger partial charge in [-0.25, -0.2) is 4.79 Å². The summed E-state index contributed by atoms with van der Waals surface area (Å²) in [6.07, 6.45) is 0. The number of fused-ring (bicyclic) bond motifs is 1. The molecule has 1 aromatic heterocycles. The van der Waals surface area contributed by atoms with E-state index >= 15 is 0 Å². The van der Waals surface area contributed by atoms with E-state index in [0.29, 0.717) is 12.2 Å². The molecule has 1 aromatic carbocycles. The first-order valence-corrected chi connectivity index (χ1v) is 6.76. The van der Waals surface area contributed by atoms with E-state index < -0.39 is 0 Å².